The third-order valence-corrected chi connectivity index (χ3v) is 8.08. The van der Waals surface area contributed by atoms with Crippen LogP contribution < -0.4 is 10.1 Å². The second kappa shape index (κ2) is 11.6. The van der Waals surface area contributed by atoms with Crippen molar-refractivity contribution in [2.45, 2.75) is 56.9 Å². The Kier molecular flexibility index (Phi) is 7.56. The number of ether oxygens (including phenoxy) is 1. The smallest absolute Gasteiger partial charge is 0.253 e. The summed E-state index contributed by atoms with van der Waals surface area (Å²) in [6.07, 6.45) is 2.22. The van der Waals surface area contributed by atoms with E-state index in [9.17, 15) is 0 Å². The highest BCUT2D eigenvalue weighted by Gasteiger charge is 2.37. The first kappa shape index (κ1) is 25.5. The van der Waals surface area contributed by atoms with Crippen molar-refractivity contribution < 1.29 is 4.74 Å². The van der Waals surface area contributed by atoms with Gasteiger partial charge in [-0.25, -0.2) is 9.67 Å². The molecule has 1 saturated carbocycles. The summed E-state index contributed by atoms with van der Waals surface area (Å²) in [5.41, 5.74) is 6.24. The number of benzene rings is 3. The molecular weight excluding hydrogens is 504 g/mol. The summed E-state index contributed by atoms with van der Waals surface area (Å²) in [5.74, 6) is 2.71. The molecule has 0 spiro atoms. The number of hydrogen-bond acceptors (Lipinski definition) is 7. The Morgan fingerprint density at radius 3 is 2.56 bits per heavy atom. The third kappa shape index (κ3) is 5.97. The fourth-order valence-electron chi connectivity index (χ4n) is 4.78. The second-order valence-corrected chi connectivity index (χ2v) is 11.1. The zero-order valence-electron chi connectivity index (χ0n) is 22.2. The molecule has 2 atom stereocenters. The highest BCUT2D eigenvalue weighted by atomic mass is 32.2. The van der Waals surface area contributed by atoms with E-state index in [1.54, 1.807) is 11.8 Å². The Morgan fingerprint density at radius 2 is 1.79 bits per heavy atom. The van der Waals surface area contributed by atoms with Gasteiger partial charge in [0, 0.05) is 24.3 Å². The number of aryl methyl sites for hydroxylation is 1. The van der Waals surface area contributed by atoms with E-state index in [1.807, 2.05) is 28.9 Å². The number of nitrogens with zero attached hydrogens (tertiary/aromatic N) is 5. The Labute approximate surface area is 233 Å². The first-order valence-corrected chi connectivity index (χ1v) is 14.5. The van der Waals surface area contributed by atoms with Crippen LogP contribution in [0.2, 0.25) is 0 Å². The van der Waals surface area contributed by atoms with Gasteiger partial charge >= 0.3 is 0 Å². The van der Waals surface area contributed by atoms with Crippen molar-refractivity contribution in [3.8, 4) is 11.6 Å². The summed E-state index contributed by atoms with van der Waals surface area (Å²) in [7, 11) is 0. The van der Waals surface area contributed by atoms with Crippen LogP contribution in [0, 0.1) is 6.92 Å². The lowest BCUT2D eigenvalue weighted by atomic mass is 10.1. The van der Waals surface area contributed by atoms with Crippen molar-refractivity contribution in [1.29, 1.82) is 0 Å². The SMILES string of the molecule is CCCSc1nc(Oc2ccc(CN[C@@H]3C[C@H]3c3ccccc3)c(C)c2)c2nnn(Cc3ccccc3)c2n1. The van der Waals surface area contributed by atoms with Gasteiger partial charge in [-0.3, -0.25) is 0 Å². The predicted molar refractivity (Wildman–Crippen MR) is 155 cm³/mol. The largest absolute Gasteiger partial charge is 0.437 e. The van der Waals surface area contributed by atoms with Crippen LogP contribution in [0.4, 0.5) is 0 Å². The van der Waals surface area contributed by atoms with Crippen molar-refractivity contribution in [1.82, 2.24) is 30.3 Å². The molecule has 5 aromatic rings. The molecule has 0 aliphatic heterocycles. The average molecular weight is 537 g/mol. The number of nitrogens with one attached hydrogen (secondary N) is 1. The lowest BCUT2D eigenvalue weighted by Gasteiger charge is -2.11. The number of hydrogen-bond donors (Lipinski definition) is 1. The van der Waals surface area contributed by atoms with E-state index in [2.05, 4.69) is 84.1 Å². The molecule has 0 bridgehead atoms. The average Bonchev–Trinajstić information content (AvgIpc) is 3.64. The fourth-order valence-corrected chi connectivity index (χ4v) is 5.46. The van der Waals surface area contributed by atoms with Gasteiger partial charge in [0.1, 0.15) is 5.75 Å². The monoisotopic (exact) mass is 536 g/mol. The van der Waals surface area contributed by atoms with Crippen molar-refractivity contribution in [3.63, 3.8) is 0 Å². The Morgan fingerprint density at radius 1 is 1.00 bits per heavy atom. The number of thioether (sulfide) groups is 1. The first-order chi connectivity index (χ1) is 19.2. The van der Waals surface area contributed by atoms with Gasteiger partial charge in [0.05, 0.1) is 6.54 Å². The van der Waals surface area contributed by atoms with Crippen LogP contribution in [0.3, 0.4) is 0 Å². The van der Waals surface area contributed by atoms with E-state index in [4.69, 9.17) is 14.7 Å². The van der Waals surface area contributed by atoms with Gasteiger partial charge in [0.2, 0.25) is 0 Å². The molecule has 0 amide bonds. The lowest BCUT2D eigenvalue weighted by molar-refractivity contribution is 0.460. The summed E-state index contributed by atoms with van der Waals surface area (Å²) >= 11 is 1.62. The molecule has 0 saturated heterocycles. The molecule has 3 aromatic carbocycles. The molecular formula is C31H32N6OS. The third-order valence-electron chi connectivity index (χ3n) is 7.02. The molecule has 0 radical (unpaired) electrons. The van der Waals surface area contributed by atoms with E-state index in [0.717, 1.165) is 30.0 Å². The normalized spacial score (nSPS) is 16.5. The Bertz CT molecular complexity index is 1560. The van der Waals surface area contributed by atoms with Gasteiger partial charge in [0.25, 0.3) is 5.88 Å². The van der Waals surface area contributed by atoms with Crippen LogP contribution in [0.15, 0.2) is 84.0 Å². The fraction of sp³-hybridized carbons (Fsp3) is 0.290. The van der Waals surface area contributed by atoms with Gasteiger partial charge in [-0.15, -0.1) is 5.10 Å². The van der Waals surface area contributed by atoms with E-state index < -0.39 is 0 Å². The van der Waals surface area contributed by atoms with E-state index in [0.29, 0.717) is 40.7 Å². The minimum absolute atomic E-state index is 0.437. The second-order valence-electron chi connectivity index (χ2n) is 10.00. The van der Waals surface area contributed by atoms with Gasteiger partial charge in [-0.1, -0.05) is 90.6 Å². The molecule has 2 aromatic heterocycles. The maximum Gasteiger partial charge on any atom is 0.253 e. The minimum Gasteiger partial charge on any atom is -0.437 e. The molecule has 39 heavy (non-hydrogen) atoms. The standard InChI is InChI=1S/C31H32N6OS/c1-3-16-39-31-33-29-28(35-36-37(29)20-22-10-6-4-7-11-22)30(34-31)38-25-15-14-24(21(2)17-25)19-32-27-18-26(27)23-12-8-5-9-13-23/h4-15,17,26-27,32H,3,16,18-20H2,1-2H3/t26-,27+/m0/s1. The van der Waals surface area contributed by atoms with Crippen molar-refractivity contribution in [2.24, 2.45) is 0 Å². The lowest BCUT2D eigenvalue weighted by Crippen LogP contribution is -2.17. The molecule has 0 unspecified atom stereocenters. The van der Waals surface area contributed by atoms with Crippen LogP contribution in [-0.4, -0.2) is 36.8 Å². The number of fused-ring (bicyclic) bond motifs is 1. The zero-order chi connectivity index (χ0) is 26.6. The maximum absolute atomic E-state index is 6.32. The topological polar surface area (TPSA) is 77.8 Å². The molecule has 1 aliphatic rings. The van der Waals surface area contributed by atoms with Gasteiger partial charge < -0.3 is 10.1 Å². The summed E-state index contributed by atoms with van der Waals surface area (Å²) in [6.45, 7) is 5.69. The minimum atomic E-state index is 0.437. The molecule has 1 N–H and O–H groups in total. The van der Waals surface area contributed by atoms with E-state index >= 15 is 0 Å². The van der Waals surface area contributed by atoms with Crippen LogP contribution >= 0.6 is 11.8 Å². The molecule has 2 heterocycles. The Hall–Kier alpha value is -3.75. The highest BCUT2D eigenvalue weighted by Crippen LogP contribution is 2.41. The number of rotatable bonds is 11. The number of aromatic nitrogens is 5. The summed E-state index contributed by atoms with van der Waals surface area (Å²) in [5, 5.41) is 13.2. The summed E-state index contributed by atoms with van der Waals surface area (Å²) in [6, 6.07) is 27.7. The van der Waals surface area contributed by atoms with Gasteiger partial charge in [-0.2, -0.15) is 4.98 Å². The maximum atomic E-state index is 6.32. The van der Waals surface area contributed by atoms with Gasteiger partial charge in [-0.05, 0) is 54.2 Å². The van der Waals surface area contributed by atoms with E-state index in [1.165, 1.54) is 23.1 Å². The van der Waals surface area contributed by atoms with Crippen molar-refractivity contribution in [2.75, 3.05) is 5.75 Å². The highest BCUT2D eigenvalue weighted by molar-refractivity contribution is 7.99. The van der Waals surface area contributed by atoms with Crippen LogP contribution in [-0.2, 0) is 13.1 Å². The predicted octanol–water partition coefficient (Wildman–Crippen LogP) is 6.52. The van der Waals surface area contributed by atoms with Crippen LogP contribution in [0.1, 0.15) is 47.9 Å². The van der Waals surface area contributed by atoms with E-state index in [-0.39, 0.29) is 0 Å². The summed E-state index contributed by atoms with van der Waals surface area (Å²) < 4.78 is 8.14. The molecule has 8 heteroatoms. The molecule has 7 nitrogen and oxygen atoms in total. The van der Waals surface area contributed by atoms with Crippen molar-refractivity contribution >= 4 is 22.9 Å². The molecule has 1 aliphatic carbocycles. The molecule has 198 valence electrons. The quantitative estimate of drug-likeness (QED) is 0.152. The Balaban J connectivity index is 1.19. The van der Waals surface area contributed by atoms with Crippen LogP contribution in [0.5, 0.6) is 11.6 Å². The zero-order valence-corrected chi connectivity index (χ0v) is 23.1. The molecule has 6 rings (SSSR count). The first-order valence-electron chi connectivity index (χ1n) is 13.5. The molecule has 1 fully saturated rings. The summed E-state index contributed by atoms with van der Waals surface area (Å²) in [4.78, 5) is 9.49. The van der Waals surface area contributed by atoms with Gasteiger partial charge in [0.15, 0.2) is 16.3 Å². The van der Waals surface area contributed by atoms with Crippen LogP contribution in [0.25, 0.3) is 11.2 Å². The van der Waals surface area contributed by atoms with Crippen molar-refractivity contribution in [3.05, 3.63) is 101 Å².